The summed E-state index contributed by atoms with van der Waals surface area (Å²) < 4.78 is -0.849. The second kappa shape index (κ2) is 13.3. The third-order valence-electron chi connectivity index (χ3n) is 7.13. The molecule has 4 aromatic carbocycles. The van der Waals surface area contributed by atoms with Crippen LogP contribution in [-0.4, -0.2) is 39.2 Å². The van der Waals surface area contributed by atoms with Gasteiger partial charge in [-0.1, -0.05) is 131 Å². The van der Waals surface area contributed by atoms with E-state index in [9.17, 15) is 19.2 Å². The van der Waals surface area contributed by atoms with Gasteiger partial charge in [-0.2, -0.15) is 0 Å². The van der Waals surface area contributed by atoms with Gasteiger partial charge in [-0.05, 0) is 28.7 Å². The van der Waals surface area contributed by atoms with Crippen molar-refractivity contribution in [1.82, 2.24) is 5.06 Å². The van der Waals surface area contributed by atoms with Crippen LogP contribution in [0.4, 0.5) is 0 Å². The van der Waals surface area contributed by atoms with Crippen molar-refractivity contribution in [3.05, 3.63) is 143 Å². The number of halogens is 1. The van der Waals surface area contributed by atoms with Gasteiger partial charge in [0.2, 0.25) is 0 Å². The number of rotatable bonds is 11. The summed E-state index contributed by atoms with van der Waals surface area (Å²) in [5.74, 6) is -1.81. The van der Waals surface area contributed by atoms with Gasteiger partial charge in [-0.3, -0.25) is 14.4 Å². The van der Waals surface area contributed by atoms with Crippen molar-refractivity contribution >= 4 is 51.3 Å². The number of imide groups is 1. The Kier molecular flexibility index (Phi) is 9.35. The van der Waals surface area contributed by atoms with E-state index in [1.807, 2.05) is 103 Å². The van der Waals surface area contributed by atoms with Crippen LogP contribution in [0.25, 0.3) is 0 Å². The Morgan fingerprint density at radius 2 is 1.19 bits per heavy atom. The summed E-state index contributed by atoms with van der Waals surface area (Å²) in [6.45, 7) is 0. The van der Waals surface area contributed by atoms with E-state index in [2.05, 4.69) is 15.9 Å². The highest BCUT2D eigenvalue weighted by molar-refractivity contribution is 9.09. The molecule has 5 rings (SSSR count). The van der Waals surface area contributed by atoms with Gasteiger partial charge in [0, 0.05) is 18.4 Å². The van der Waals surface area contributed by atoms with Crippen LogP contribution in [-0.2, 0) is 30.4 Å². The predicted molar refractivity (Wildman–Crippen MR) is 166 cm³/mol. The number of hydrogen-bond acceptors (Lipinski definition) is 6. The lowest BCUT2D eigenvalue weighted by Crippen LogP contribution is -2.39. The molecule has 0 aliphatic carbocycles. The molecule has 1 saturated heterocycles. The van der Waals surface area contributed by atoms with E-state index < -0.39 is 27.8 Å². The van der Waals surface area contributed by atoms with E-state index in [1.165, 1.54) is 11.8 Å². The van der Waals surface area contributed by atoms with E-state index in [1.54, 1.807) is 12.1 Å². The minimum absolute atomic E-state index is 0.00890. The summed E-state index contributed by atoms with van der Waals surface area (Å²) in [6, 6.07) is 36.9. The fourth-order valence-electron chi connectivity index (χ4n) is 5.03. The number of carbonyl (C=O) groups is 4. The number of ketones is 1. The van der Waals surface area contributed by atoms with Gasteiger partial charge in [0.1, 0.15) is 5.25 Å². The Morgan fingerprint density at radius 3 is 1.62 bits per heavy atom. The molecule has 0 bridgehead atoms. The van der Waals surface area contributed by atoms with E-state index in [-0.39, 0.29) is 30.4 Å². The molecule has 1 aliphatic heterocycles. The lowest BCUT2D eigenvalue weighted by Gasteiger charge is -2.37. The number of thioether (sulfide) groups is 1. The molecular weight excluding hydrogens is 614 g/mol. The van der Waals surface area contributed by atoms with Crippen LogP contribution >= 0.6 is 27.7 Å². The van der Waals surface area contributed by atoms with Crippen molar-refractivity contribution in [2.75, 3.05) is 5.33 Å². The molecule has 0 radical (unpaired) electrons. The number of carbonyl (C=O) groups excluding carboxylic acids is 4. The maximum Gasteiger partial charge on any atom is 0.346 e. The van der Waals surface area contributed by atoms with Crippen molar-refractivity contribution in [3.8, 4) is 0 Å². The second-order valence-electron chi connectivity index (χ2n) is 9.84. The molecule has 1 heterocycles. The molecule has 1 aliphatic rings. The van der Waals surface area contributed by atoms with Crippen molar-refractivity contribution in [2.45, 2.75) is 29.3 Å². The van der Waals surface area contributed by atoms with Crippen molar-refractivity contribution in [2.24, 2.45) is 0 Å². The fraction of sp³-hybridized carbons (Fsp3) is 0.176. The molecule has 1 unspecified atom stereocenters. The Balaban J connectivity index is 1.62. The quantitative estimate of drug-likeness (QED) is 0.0804. The Hall–Kier alpha value is -4.01. The van der Waals surface area contributed by atoms with Crippen LogP contribution in [0.5, 0.6) is 0 Å². The van der Waals surface area contributed by atoms with Gasteiger partial charge in [0.25, 0.3) is 11.8 Å². The highest BCUT2D eigenvalue weighted by atomic mass is 79.9. The molecule has 1 fully saturated rings. The predicted octanol–water partition coefficient (Wildman–Crippen LogP) is 6.51. The van der Waals surface area contributed by atoms with E-state index in [0.29, 0.717) is 10.6 Å². The summed E-state index contributed by atoms with van der Waals surface area (Å²) in [5, 5.41) is -0.0318. The van der Waals surface area contributed by atoms with Crippen LogP contribution in [0.3, 0.4) is 0 Å². The molecule has 0 saturated carbocycles. The average molecular weight is 643 g/mol. The summed E-state index contributed by atoms with van der Waals surface area (Å²) in [7, 11) is 0. The van der Waals surface area contributed by atoms with E-state index >= 15 is 0 Å². The fourth-order valence-corrected chi connectivity index (χ4v) is 7.02. The monoisotopic (exact) mass is 641 g/mol. The van der Waals surface area contributed by atoms with Crippen LogP contribution in [0, 0.1) is 0 Å². The van der Waals surface area contributed by atoms with Gasteiger partial charge < -0.3 is 4.84 Å². The normalized spacial score (nSPS) is 14.1. The first-order valence-corrected chi connectivity index (χ1v) is 15.5. The zero-order valence-corrected chi connectivity index (χ0v) is 25.1. The SMILES string of the molecule is O=C(CBr)c1ccc(CC(SC(c2ccccc2)(c2ccccc2)c2ccccc2)C(=O)ON2C(=O)CCC2=O)cc1. The van der Waals surface area contributed by atoms with Crippen molar-refractivity contribution in [1.29, 1.82) is 0 Å². The molecule has 0 N–H and O–H groups in total. The number of benzene rings is 4. The number of hydroxylamine groups is 2. The number of nitrogens with zero attached hydrogens (tertiary/aromatic N) is 1. The number of hydrogen-bond donors (Lipinski definition) is 0. The molecule has 42 heavy (non-hydrogen) atoms. The topological polar surface area (TPSA) is 80.8 Å². The molecule has 0 spiro atoms. The smallest absolute Gasteiger partial charge is 0.329 e. The molecular formula is C34H28BrNO5S. The number of amides is 2. The van der Waals surface area contributed by atoms with Crippen molar-refractivity contribution < 1.29 is 24.0 Å². The van der Waals surface area contributed by atoms with Gasteiger partial charge in [-0.25, -0.2) is 4.79 Å². The van der Waals surface area contributed by atoms with Crippen LogP contribution in [0.1, 0.15) is 45.5 Å². The van der Waals surface area contributed by atoms with Crippen LogP contribution in [0.15, 0.2) is 115 Å². The second-order valence-corrected chi connectivity index (χ2v) is 11.8. The third-order valence-corrected chi connectivity index (χ3v) is 9.34. The molecule has 2 amide bonds. The average Bonchev–Trinajstić information content (AvgIpc) is 3.36. The van der Waals surface area contributed by atoms with Crippen LogP contribution < -0.4 is 0 Å². The van der Waals surface area contributed by atoms with Crippen molar-refractivity contribution in [3.63, 3.8) is 0 Å². The number of alkyl halides is 1. The minimum Gasteiger partial charge on any atom is -0.329 e. The lowest BCUT2D eigenvalue weighted by atomic mass is 9.84. The highest BCUT2D eigenvalue weighted by Gasteiger charge is 2.43. The zero-order valence-electron chi connectivity index (χ0n) is 22.7. The minimum atomic E-state index is -0.849. The molecule has 0 aromatic heterocycles. The summed E-state index contributed by atoms with van der Waals surface area (Å²) in [4.78, 5) is 56.4. The summed E-state index contributed by atoms with van der Waals surface area (Å²) >= 11 is 4.61. The Labute approximate surface area is 257 Å². The maximum absolute atomic E-state index is 13.9. The molecule has 1 atom stereocenters. The zero-order chi connectivity index (χ0) is 29.5. The molecule has 6 nitrogen and oxygen atoms in total. The Bertz CT molecular complexity index is 1450. The molecule has 8 heteroatoms. The van der Waals surface area contributed by atoms with Crippen LogP contribution in [0.2, 0.25) is 0 Å². The number of Topliss-reactive ketones (excluding diaryl/α,β-unsaturated/α-hetero) is 1. The van der Waals surface area contributed by atoms with Gasteiger partial charge in [-0.15, -0.1) is 16.8 Å². The first kappa shape index (κ1) is 29.5. The molecule has 4 aromatic rings. The standard InChI is InChI=1S/C34H28BrNO5S/c35-23-29(37)25-18-16-24(17-19-25)22-30(33(40)41-36-31(38)20-21-32(36)39)42-34(26-10-4-1-5-11-26,27-12-6-2-7-13-27)28-14-8-3-9-15-28/h1-19,30H,20-23H2. The van der Waals surface area contributed by atoms with Gasteiger partial charge in [0.15, 0.2) is 5.78 Å². The maximum atomic E-state index is 13.9. The largest absolute Gasteiger partial charge is 0.346 e. The summed E-state index contributed by atoms with van der Waals surface area (Å²) in [6.07, 6.45) is 0.251. The molecule has 212 valence electrons. The first-order valence-electron chi connectivity index (χ1n) is 13.5. The highest BCUT2D eigenvalue weighted by Crippen LogP contribution is 2.51. The first-order chi connectivity index (χ1) is 20.4. The van der Waals surface area contributed by atoms with Gasteiger partial charge in [0.05, 0.1) is 10.1 Å². The van der Waals surface area contributed by atoms with E-state index in [4.69, 9.17) is 4.84 Å². The van der Waals surface area contributed by atoms with E-state index in [0.717, 1.165) is 22.3 Å². The van der Waals surface area contributed by atoms with Gasteiger partial charge >= 0.3 is 5.97 Å². The Morgan fingerprint density at radius 1 is 0.738 bits per heavy atom. The summed E-state index contributed by atoms with van der Waals surface area (Å²) in [5.41, 5.74) is 4.23. The lowest BCUT2D eigenvalue weighted by molar-refractivity contribution is -0.197. The third kappa shape index (κ3) is 6.25.